The molecule has 0 N–H and O–H groups in total. The highest BCUT2D eigenvalue weighted by molar-refractivity contribution is 6.33. The van der Waals surface area contributed by atoms with Gasteiger partial charge in [0, 0.05) is 54.3 Å². The van der Waals surface area contributed by atoms with Gasteiger partial charge in [-0.15, -0.1) is 0 Å². The van der Waals surface area contributed by atoms with Gasteiger partial charge in [-0.25, -0.2) is 4.79 Å². The Labute approximate surface area is 342 Å². The van der Waals surface area contributed by atoms with Crippen LogP contribution in [-0.2, 0) is 39.4 Å². The Kier molecular flexibility index (Phi) is 10.9. The molecule has 10 nitrogen and oxygen atoms in total. The van der Waals surface area contributed by atoms with Crippen molar-refractivity contribution in [2.24, 2.45) is 10.8 Å². The first-order chi connectivity index (χ1) is 27.0. The van der Waals surface area contributed by atoms with Crippen LogP contribution >= 0.6 is 23.2 Å². The smallest absolute Gasteiger partial charge is 0.340 e. The van der Waals surface area contributed by atoms with Crippen molar-refractivity contribution in [3.8, 4) is 23.0 Å². The third-order valence-electron chi connectivity index (χ3n) is 9.77. The van der Waals surface area contributed by atoms with E-state index in [0.29, 0.717) is 41.8 Å². The van der Waals surface area contributed by atoms with Crippen molar-refractivity contribution in [3.63, 3.8) is 0 Å². The Morgan fingerprint density at radius 1 is 0.719 bits per heavy atom. The topological polar surface area (TPSA) is 117 Å². The van der Waals surface area contributed by atoms with E-state index in [-0.39, 0.29) is 33.0 Å². The molecule has 1 spiro atoms. The number of fused-ring (bicyclic) bond motifs is 6. The SMILES string of the molecule is CC(C)(C)C(=O)Oc1cc2c(cc1Cl)C1(OC(=O)c3ccc(CCCN(Cc4ccccn4)Cc4ccccn4)cc31)c1cc(Cl)c(OC(=O)C(C)(C)C)cc1O2. The van der Waals surface area contributed by atoms with Crippen molar-refractivity contribution in [1.29, 1.82) is 0 Å². The first-order valence-electron chi connectivity index (χ1n) is 18.7. The van der Waals surface area contributed by atoms with E-state index in [4.69, 9.17) is 42.1 Å². The first kappa shape index (κ1) is 39.9. The minimum absolute atomic E-state index is 0.0709. The van der Waals surface area contributed by atoms with Crippen LogP contribution in [0.15, 0.2) is 91.3 Å². The Morgan fingerprint density at radius 3 is 1.72 bits per heavy atom. The average Bonchev–Trinajstić information content (AvgIpc) is 3.44. The van der Waals surface area contributed by atoms with Gasteiger partial charge in [0.05, 0.1) is 37.8 Å². The number of nitrogens with zero attached hydrogens (tertiary/aromatic N) is 3. The summed E-state index contributed by atoms with van der Waals surface area (Å²) in [6.45, 7) is 12.5. The van der Waals surface area contributed by atoms with Crippen LogP contribution in [0.5, 0.6) is 23.0 Å². The number of aryl methyl sites for hydroxylation is 1. The molecule has 0 radical (unpaired) electrons. The van der Waals surface area contributed by atoms with Crippen LogP contribution < -0.4 is 14.2 Å². The van der Waals surface area contributed by atoms with Crippen LogP contribution in [0.3, 0.4) is 0 Å². The summed E-state index contributed by atoms with van der Waals surface area (Å²) in [5, 5.41) is 0.224. The molecule has 0 unspecified atom stereocenters. The van der Waals surface area contributed by atoms with E-state index in [2.05, 4.69) is 14.9 Å². The molecule has 0 saturated heterocycles. The van der Waals surface area contributed by atoms with Gasteiger partial charge in [0.25, 0.3) is 0 Å². The lowest BCUT2D eigenvalue weighted by Crippen LogP contribution is -2.33. The molecule has 12 heteroatoms. The summed E-state index contributed by atoms with van der Waals surface area (Å²) in [6.07, 6.45) is 5.06. The number of pyridine rings is 2. The fraction of sp³-hybridized carbons (Fsp3) is 0.311. The van der Waals surface area contributed by atoms with Gasteiger partial charge >= 0.3 is 17.9 Å². The Hall–Kier alpha value is -5.29. The molecular formula is C45H43Cl2N3O7. The molecule has 0 amide bonds. The van der Waals surface area contributed by atoms with Gasteiger partial charge < -0.3 is 18.9 Å². The second kappa shape index (κ2) is 15.6. The van der Waals surface area contributed by atoms with Crippen molar-refractivity contribution in [3.05, 3.63) is 141 Å². The molecule has 294 valence electrons. The van der Waals surface area contributed by atoms with E-state index < -0.39 is 34.3 Å². The van der Waals surface area contributed by atoms with Crippen molar-refractivity contribution in [1.82, 2.24) is 14.9 Å². The number of rotatable bonds is 10. The zero-order valence-electron chi connectivity index (χ0n) is 32.7. The third-order valence-corrected chi connectivity index (χ3v) is 10.4. The second-order valence-corrected chi connectivity index (χ2v) is 17.2. The van der Waals surface area contributed by atoms with Crippen LogP contribution in [0.25, 0.3) is 0 Å². The fourth-order valence-corrected chi connectivity index (χ4v) is 7.15. The lowest BCUT2D eigenvalue weighted by atomic mass is 9.77. The first-order valence-corrected chi connectivity index (χ1v) is 19.5. The van der Waals surface area contributed by atoms with Gasteiger partial charge in [-0.2, -0.15) is 0 Å². The average molecular weight is 809 g/mol. The predicted molar refractivity (Wildman–Crippen MR) is 216 cm³/mol. The number of hydrogen-bond donors (Lipinski definition) is 0. The monoisotopic (exact) mass is 807 g/mol. The van der Waals surface area contributed by atoms with Crippen LogP contribution in [0.4, 0.5) is 0 Å². The van der Waals surface area contributed by atoms with Crippen molar-refractivity contribution >= 4 is 41.1 Å². The normalized spacial score (nSPS) is 14.0. The summed E-state index contributed by atoms with van der Waals surface area (Å²) in [5.74, 6) is -0.956. The lowest BCUT2D eigenvalue weighted by Gasteiger charge is -2.37. The minimum Gasteiger partial charge on any atom is -0.456 e. The minimum atomic E-state index is -1.57. The van der Waals surface area contributed by atoms with Crippen molar-refractivity contribution in [2.45, 2.75) is 73.1 Å². The maximum Gasteiger partial charge on any atom is 0.340 e. The summed E-state index contributed by atoms with van der Waals surface area (Å²) in [4.78, 5) is 51.2. The number of carbonyl (C=O) groups excluding carboxylic acids is 3. The van der Waals surface area contributed by atoms with Gasteiger partial charge in [0.2, 0.25) is 0 Å². The number of hydrogen-bond acceptors (Lipinski definition) is 10. The molecule has 2 aromatic heterocycles. The van der Waals surface area contributed by atoms with Gasteiger partial charge in [-0.3, -0.25) is 24.5 Å². The summed E-state index contributed by atoms with van der Waals surface area (Å²) in [7, 11) is 0. The van der Waals surface area contributed by atoms with Gasteiger partial charge in [0.1, 0.15) is 11.5 Å². The van der Waals surface area contributed by atoms with E-state index >= 15 is 0 Å². The molecule has 0 saturated carbocycles. The predicted octanol–water partition coefficient (Wildman–Crippen LogP) is 9.89. The molecule has 3 aromatic carbocycles. The highest BCUT2D eigenvalue weighted by atomic mass is 35.5. The van der Waals surface area contributed by atoms with Gasteiger partial charge in [-0.1, -0.05) is 47.5 Å². The summed E-state index contributed by atoms with van der Waals surface area (Å²) < 4.78 is 24.4. The molecule has 5 aromatic rings. The summed E-state index contributed by atoms with van der Waals surface area (Å²) >= 11 is 13.7. The van der Waals surface area contributed by atoms with Gasteiger partial charge in [0.15, 0.2) is 17.1 Å². The Bertz CT molecular complexity index is 2230. The Balaban J connectivity index is 1.27. The van der Waals surface area contributed by atoms with E-state index in [1.807, 2.05) is 48.5 Å². The maximum atomic E-state index is 13.8. The van der Waals surface area contributed by atoms with E-state index in [9.17, 15) is 14.4 Å². The molecule has 0 fully saturated rings. The van der Waals surface area contributed by atoms with E-state index in [0.717, 1.165) is 29.9 Å². The lowest BCUT2D eigenvalue weighted by molar-refractivity contribution is -0.143. The molecule has 2 aliphatic rings. The quantitative estimate of drug-likeness (QED) is 0.0997. The maximum absolute atomic E-state index is 13.8. The summed E-state index contributed by atoms with van der Waals surface area (Å²) in [5.41, 5.74) is 1.45. The standard InChI is InChI=1S/C45H43Cl2N3O7/c1-43(2,3)41(52)55-38-23-36-32(21-34(38)46)45(33-22-35(47)39(24-37(33)54-36)56-42(53)44(4,5)6)31-20-27(15-16-30(31)40(51)57-45)12-11-19-50(25-28-13-7-9-17-48-28)26-29-14-8-10-18-49-29/h7-10,13-18,20-24H,11-12,19,25-26H2,1-6H3. The highest BCUT2D eigenvalue weighted by Crippen LogP contribution is 2.59. The largest absolute Gasteiger partial charge is 0.456 e. The number of aromatic nitrogens is 2. The highest BCUT2D eigenvalue weighted by Gasteiger charge is 2.54. The number of carbonyl (C=O) groups is 3. The zero-order chi connectivity index (χ0) is 40.7. The molecule has 7 rings (SSSR count). The van der Waals surface area contributed by atoms with Crippen molar-refractivity contribution < 1.29 is 33.3 Å². The number of benzene rings is 3. The van der Waals surface area contributed by atoms with Crippen LogP contribution in [0.2, 0.25) is 10.0 Å². The van der Waals surface area contributed by atoms with Crippen LogP contribution in [0, 0.1) is 10.8 Å². The second-order valence-electron chi connectivity index (χ2n) is 16.3. The molecule has 57 heavy (non-hydrogen) atoms. The summed E-state index contributed by atoms with van der Waals surface area (Å²) in [6, 6.07) is 23.7. The number of halogens is 2. The Morgan fingerprint density at radius 2 is 1.25 bits per heavy atom. The molecule has 0 bridgehead atoms. The zero-order valence-corrected chi connectivity index (χ0v) is 34.2. The molecular weight excluding hydrogens is 765 g/mol. The van der Waals surface area contributed by atoms with Crippen molar-refractivity contribution in [2.75, 3.05) is 6.54 Å². The molecule has 4 heterocycles. The fourth-order valence-electron chi connectivity index (χ4n) is 6.74. The van der Waals surface area contributed by atoms with E-state index in [1.165, 1.54) is 12.1 Å². The molecule has 2 aliphatic heterocycles. The van der Waals surface area contributed by atoms with Crippen LogP contribution in [-0.4, -0.2) is 39.3 Å². The molecule has 0 atom stereocenters. The number of ether oxygens (including phenoxy) is 4. The number of esters is 3. The van der Waals surface area contributed by atoms with E-state index in [1.54, 1.807) is 72.1 Å². The van der Waals surface area contributed by atoms with Crippen LogP contribution in [0.1, 0.15) is 92.0 Å². The third kappa shape index (κ3) is 8.26. The molecule has 0 aliphatic carbocycles. The van der Waals surface area contributed by atoms with Gasteiger partial charge in [-0.05, 0) is 109 Å².